The summed E-state index contributed by atoms with van der Waals surface area (Å²) in [6.45, 7) is 4.54. The third-order valence-electron chi connectivity index (χ3n) is 2.97. The minimum Gasteiger partial charge on any atom is -0.330 e. The molecule has 18 heavy (non-hydrogen) atoms. The summed E-state index contributed by atoms with van der Waals surface area (Å²) in [7, 11) is 0. The number of carbonyl (C=O) groups is 1. The molecule has 0 heterocycles. The van der Waals surface area contributed by atoms with E-state index in [1.54, 1.807) is 6.07 Å². The van der Waals surface area contributed by atoms with Crippen LogP contribution in [0.4, 0.5) is 5.69 Å². The Morgan fingerprint density at radius 1 is 1.44 bits per heavy atom. The van der Waals surface area contributed by atoms with Gasteiger partial charge in [0.05, 0.1) is 0 Å². The van der Waals surface area contributed by atoms with Gasteiger partial charge in [0.15, 0.2) is 0 Å². The van der Waals surface area contributed by atoms with Gasteiger partial charge >= 0.3 is 0 Å². The maximum Gasteiger partial charge on any atom is 0.227 e. The van der Waals surface area contributed by atoms with Gasteiger partial charge in [-0.3, -0.25) is 4.79 Å². The summed E-state index contributed by atoms with van der Waals surface area (Å²) < 4.78 is 0. The maximum atomic E-state index is 12.1. The molecule has 4 heteroatoms. The van der Waals surface area contributed by atoms with Gasteiger partial charge < -0.3 is 11.1 Å². The Morgan fingerprint density at radius 3 is 2.72 bits per heavy atom. The van der Waals surface area contributed by atoms with Gasteiger partial charge in [0.2, 0.25) is 5.91 Å². The second-order valence-electron chi connectivity index (χ2n) is 4.51. The molecular formula is C14H21ClN2O. The largest absolute Gasteiger partial charge is 0.330 e. The van der Waals surface area contributed by atoms with Gasteiger partial charge in [-0.05, 0) is 50.1 Å². The number of hydrogen-bond donors (Lipinski definition) is 2. The summed E-state index contributed by atoms with van der Waals surface area (Å²) in [5.74, 6) is 0.0443. The van der Waals surface area contributed by atoms with Gasteiger partial charge in [-0.1, -0.05) is 24.9 Å². The van der Waals surface area contributed by atoms with Crippen LogP contribution in [-0.4, -0.2) is 12.5 Å². The Labute approximate surface area is 114 Å². The zero-order valence-corrected chi connectivity index (χ0v) is 11.8. The average Bonchev–Trinajstić information content (AvgIpc) is 2.32. The molecule has 0 fully saturated rings. The molecule has 1 aromatic carbocycles. The highest BCUT2D eigenvalue weighted by molar-refractivity contribution is 6.30. The highest BCUT2D eigenvalue weighted by Gasteiger charge is 2.17. The number of halogens is 1. The van der Waals surface area contributed by atoms with Gasteiger partial charge in [0, 0.05) is 16.6 Å². The minimum atomic E-state index is -0.00456. The number of nitrogens with one attached hydrogen (secondary N) is 1. The lowest BCUT2D eigenvalue weighted by molar-refractivity contribution is -0.120. The van der Waals surface area contributed by atoms with E-state index in [2.05, 4.69) is 12.2 Å². The van der Waals surface area contributed by atoms with Gasteiger partial charge in [-0.2, -0.15) is 0 Å². The zero-order valence-electron chi connectivity index (χ0n) is 11.0. The molecule has 1 aromatic rings. The Kier molecular flexibility index (Phi) is 6.16. The van der Waals surface area contributed by atoms with Gasteiger partial charge in [-0.25, -0.2) is 0 Å². The van der Waals surface area contributed by atoms with Crippen LogP contribution in [0.25, 0.3) is 0 Å². The van der Waals surface area contributed by atoms with Crippen LogP contribution in [0.5, 0.6) is 0 Å². The molecule has 0 aliphatic heterocycles. The summed E-state index contributed by atoms with van der Waals surface area (Å²) >= 11 is 5.89. The number of nitrogens with two attached hydrogens (primary N) is 1. The fourth-order valence-corrected chi connectivity index (χ4v) is 2.18. The summed E-state index contributed by atoms with van der Waals surface area (Å²) in [4.78, 5) is 12.1. The number of rotatable bonds is 6. The molecule has 0 saturated carbocycles. The van der Waals surface area contributed by atoms with E-state index < -0.39 is 0 Å². The van der Waals surface area contributed by atoms with Crippen molar-refractivity contribution in [2.45, 2.75) is 33.1 Å². The van der Waals surface area contributed by atoms with E-state index in [9.17, 15) is 4.79 Å². The third kappa shape index (κ3) is 4.31. The van der Waals surface area contributed by atoms with Crippen molar-refractivity contribution in [2.24, 2.45) is 11.7 Å². The predicted molar refractivity (Wildman–Crippen MR) is 76.9 cm³/mol. The zero-order chi connectivity index (χ0) is 13.5. The molecule has 0 aromatic heterocycles. The average molecular weight is 269 g/mol. The fraction of sp³-hybridized carbons (Fsp3) is 0.500. The van der Waals surface area contributed by atoms with E-state index in [0.717, 1.165) is 30.5 Å². The molecule has 0 radical (unpaired) electrons. The maximum absolute atomic E-state index is 12.1. The number of anilines is 1. The van der Waals surface area contributed by atoms with Crippen molar-refractivity contribution in [3.8, 4) is 0 Å². The molecule has 3 N–H and O–H groups in total. The van der Waals surface area contributed by atoms with Crippen molar-refractivity contribution in [3.63, 3.8) is 0 Å². The molecule has 3 nitrogen and oxygen atoms in total. The molecule has 1 rings (SSSR count). The van der Waals surface area contributed by atoms with Gasteiger partial charge in [0.1, 0.15) is 0 Å². The number of hydrogen-bond acceptors (Lipinski definition) is 2. The molecule has 0 bridgehead atoms. The molecule has 0 saturated heterocycles. The van der Waals surface area contributed by atoms with E-state index in [1.165, 1.54) is 0 Å². The Morgan fingerprint density at radius 2 is 2.17 bits per heavy atom. The summed E-state index contributed by atoms with van der Waals surface area (Å²) in [6.07, 6.45) is 2.58. The third-order valence-corrected chi connectivity index (χ3v) is 3.20. The van der Waals surface area contributed by atoms with E-state index in [1.807, 2.05) is 19.1 Å². The first-order chi connectivity index (χ1) is 8.58. The molecular weight excluding hydrogens is 248 g/mol. The first-order valence-corrected chi connectivity index (χ1v) is 6.73. The molecule has 1 unspecified atom stereocenters. The van der Waals surface area contributed by atoms with Crippen molar-refractivity contribution in [3.05, 3.63) is 28.8 Å². The van der Waals surface area contributed by atoms with Crippen molar-refractivity contribution in [1.82, 2.24) is 0 Å². The SMILES string of the molecule is CCCC(CCN)C(=O)Nc1ccc(Cl)cc1C. The second-order valence-corrected chi connectivity index (χ2v) is 4.95. The fourth-order valence-electron chi connectivity index (χ4n) is 1.96. The van der Waals surface area contributed by atoms with Crippen molar-refractivity contribution >= 4 is 23.2 Å². The van der Waals surface area contributed by atoms with Crippen molar-refractivity contribution in [2.75, 3.05) is 11.9 Å². The quantitative estimate of drug-likeness (QED) is 0.831. The van der Waals surface area contributed by atoms with Crippen LogP contribution in [0.3, 0.4) is 0 Å². The first kappa shape index (κ1) is 15.0. The summed E-state index contributed by atoms with van der Waals surface area (Å²) in [5, 5.41) is 3.63. The molecule has 1 amide bonds. The van der Waals surface area contributed by atoms with Gasteiger partial charge in [0.25, 0.3) is 0 Å². The molecule has 1 atom stereocenters. The van der Waals surface area contributed by atoms with Crippen LogP contribution in [0.2, 0.25) is 5.02 Å². The Balaban J connectivity index is 2.72. The topological polar surface area (TPSA) is 55.1 Å². The molecule has 0 aliphatic rings. The molecule has 100 valence electrons. The first-order valence-electron chi connectivity index (χ1n) is 6.35. The number of carbonyl (C=O) groups excluding carboxylic acids is 1. The number of amides is 1. The van der Waals surface area contributed by atoms with E-state index in [0.29, 0.717) is 11.6 Å². The molecule has 0 spiro atoms. The van der Waals surface area contributed by atoms with E-state index in [4.69, 9.17) is 17.3 Å². The second kappa shape index (κ2) is 7.39. The van der Waals surface area contributed by atoms with E-state index in [-0.39, 0.29) is 11.8 Å². The van der Waals surface area contributed by atoms with Crippen LogP contribution in [-0.2, 0) is 4.79 Å². The van der Waals surface area contributed by atoms with Crippen LogP contribution >= 0.6 is 11.6 Å². The summed E-state index contributed by atoms with van der Waals surface area (Å²) in [5.41, 5.74) is 7.34. The Hall–Kier alpha value is -1.06. The van der Waals surface area contributed by atoms with Crippen LogP contribution in [0, 0.1) is 12.8 Å². The van der Waals surface area contributed by atoms with Crippen LogP contribution in [0.15, 0.2) is 18.2 Å². The van der Waals surface area contributed by atoms with E-state index >= 15 is 0 Å². The van der Waals surface area contributed by atoms with Crippen molar-refractivity contribution in [1.29, 1.82) is 0 Å². The standard InChI is InChI=1S/C14H21ClN2O/c1-3-4-11(7-8-16)14(18)17-13-6-5-12(15)9-10(13)2/h5-6,9,11H,3-4,7-8,16H2,1-2H3,(H,17,18). The predicted octanol–water partition coefficient (Wildman–Crippen LogP) is 3.35. The lowest BCUT2D eigenvalue weighted by atomic mass is 9.98. The smallest absolute Gasteiger partial charge is 0.227 e. The summed E-state index contributed by atoms with van der Waals surface area (Å²) in [6, 6.07) is 5.46. The highest BCUT2D eigenvalue weighted by Crippen LogP contribution is 2.21. The van der Waals surface area contributed by atoms with Crippen LogP contribution < -0.4 is 11.1 Å². The minimum absolute atomic E-state index is 0.00456. The lowest BCUT2D eigenvalue weighted by Gasteiger charge is -2.16. The van der Waals surface area contributed by atoms with Gasteiger partial charge in [-0.15, -0.1) is 0 Å². The van der Waals surface area contributed by atoms with Crippen molar-refractivity contribution < 1.29 is 4.79 Å². The van der Waals surface area contributed by atoms with Crippen LogP contribution in [0.1, 0.15) is 31.7 Å². The lowest BCUT2D eigenvalue weighted by Crippen LogP contribution is -2.25. The monoisotopic (exact) mass is 268 g/mol. The number of aryl methyl sites for hydroxylation is 1. The highest BCUT2D eigenvalue weighted by atomic mass is 35.5. The Bertz CT molecular complexity index is 401. The normalized spacial score (nSPS) is 12.2. The number of benzene rings is 1. The molecule has 0 aliphatic carbocycles.